The molecular weight excluding hydrogens is 321 g/mol. The molecule has 0 bridgehead atoms. The molecule has 1 amide bonds. The number of hydrogen-bond acceptors (Lipinski definition) is 4. The van der Waals surface area contributed by atoms with Crippen LogP contribution < -0.4 is 5.32 Å². The highest BCUT2D eigenvalue weighted by Crippen LogP contribution is 2.20. The lowest BCUT2D eigenvalue weighted by Crippen LogP contribution is -2.33. The molecule has 134 valence electrons. The second-order valence-corrected chi connectivity index (χ2v) is 6.64. The predicted molar refractivity (Wildman–Crippen MR) is 94.5 cm³/mol. The number of hydrogen-bond donors (Lipinski definition) is 2. The third-order valence-electron chi connectivity index (χ3n) is 4.62. The van der Waals surface area contributed by atoms with Gasteiger partial charge >= 0.3 is 0 Å². The van der Waals surface area contributed by atoms with Gasteiger partial charge in [-0.1, -0.05) is 13.3 Å². The molecule has 2 N–H and O–H groups in total. The number of amides is 1. The second kappa shape index (κ2) is 8.20. The van der Waals surface area contributed by atoms with Crippen molar-refractivity contribution in [2.75, 3.05) is 25.0 Å². The molecule has 2 aromatic rings. The van der Waals surface area contributed by atoms with Gasteiger partial charge in [0.05, 0.1) is 11.9 Å². The van der Waals surface area contributed by atoms with Crippen LogP contribution in [0, 0.1) is 11.7 Å². The van der Waals surface area contributed by atoms with Gasteiger partial charge in [0.15, 0.2) is 5.82 Å². The maximum Gasteiger partial charge on any atom is 0.228 e. The lowest BCUT2D eigenvalue weighted by Gasteiger charge is -2.27. The molecule has 0 spiro atoms. The van der Waals surface area contributed by atoms with Crippen LogP contribution in [0.15, 0.2) is 24.5 Å². The van der Waals surface area contributed by atoms with Crippen LogP contribution in [0.2, 0.25) is 0 Å². The van der Waals surface area contributed by atoms with E-state index in [1.54, 1.807) is 12.3 Å². The Kier molecular flexibility index (Phi) is 5.75. The smallest absolute Gasteiger partial charge is 0.228 e. The van der Waals surface area contributed by atoms with E-state index in [4.69, 9.17) is 0 Å². The molecule has 25 heavy (non-hydrogen) atoms. The van der Waals surface area contributed by atoms with Crippen molar-refractivity contribution in [3.05, 3.63) is 30.3 Å². The Bertz CT molecular complexity index is 711. The molecule has 0 radical (unpaired) electrons. The Balaban J connectivity index is 1.52. The molecule has 2 aromatic heterocycles. The van der Waals surface area contributed by atoms with Crippen molar-refractivity contribution in [3.8, 4) is 11.3 Å². The van der Waals surface area contributed by atoms with Crippen LogP contribution in [0.5, 0.6) is 0 Å². The van der Waals surface area contributed by atoms with Crippen LogP contribution in [-0.2, 0) is 4.79 Å². The summed E-state index contributed by atoms with van der Waals surface area (Å²) in [5, 5.41) is 9.69. The summed E-state index contributed by atoms with van der Waals surface area (Å²) in [4.78, 5) is 18.6. The summed E-state index contributed by atoms with van der Waals surface area (Å²) >= 11 is 0. The molecule has 7 heteroatoms. The van der Waals surface area contributed by atoms with Crippen molar-refractivity contribution in [3.63, 3.8) is 0 Å². The van der Waals surface area contributed by atoms with Gasteiger partial charge in [-0.05, 0) is 45.0 Å². The first-order chi connectivity index (χ1) is 12.1. The first-order valence-electron chi connectivity index (χ1n) is 8.81. The van der Waals surface area contributed by atoms with E-state index in [-0.39, 0.29) is 11.8 Å². The SMILES string of the molecule is CC(CCN1CCCCC1)C(=O)Nc1cc(-c2cncc(F)c2)[nH]n1. The number of rotatable bonds is 6. The van der Waals surface area contributed by atoms with Crippen molar-refractivity contribution in [2.45, 2.75) is 32.6 Å². The minimum Gasteiger partial charge on any atom is -0.309 e. The second-order valence-electron chi connectivity index (χ2n) is 6.64. The number of H-pyrrole nitrogens is 1. The van der Waals surface area contributed by atoms with Gasteiger partial charge in [0.1, 0.15) is 5.82 Å². The summed E-state index contributed by atoms with van der Waals surface area (Å²) in [6.07, 6.45) is 7.35. The van der Waals surface area contributed by atoms with Crippen molar-refractivity contribution < 1.29 is 9.18 Å². The zero-order chi connectivity index (χ0) is 17.6. The standard InChI is InChI=1S/C18H24FN5O/c1-13(5-8-24-6-3-2-4-7-24)18(25)21-17-10-16(22-23-17)14-9-15(19)12-20-11-14/h9-13H,2-8H2,1H3,(H2,21,22,23,25). The number of nitrogens with one attached hydrogen (secondary N) is 2. The normalized spacial score (nSPS) is 16.6. The van der Waals surface area contributed by atoms with E-state index in [9.17, 15) is 9.18 Å². The molecule has 0 saturated carbocycles. The summed E-state index contributed by atoms with van der Waals surface area (Å²) in [6.45, 7) is 5.16. The maximum absolute atomic E-state index is 13.2. The van der Waals surface area contributed by atoms with Gasteiger partial charge < -0.3 is 10.2 Å². The highest BCUT2D eigenvalue weighted by Gasteiger charge is 2.17. The number of piperidine rings is 1. The quantitative estimate of drug-likeness (QED) is 0.844. The molecular formula is C18H24FN5O. The topological polar surface area (TPSA) is 73.9 Å². The molecule has 1 aliphatic heterocycles. The van der Waals surface area contributed by atoms with E-state index in [2.05, 4.69) is 25.4 Å². The van der Waals surface area contributed by atoms with Crippen LogP contribution in [0.25, 0.3) is 11.3 Å². The molecule has 1 fully saturated rings. The van der Waals surface area contributed by atoms with Crippen LogP contribution in [0.3, 0.4) is 0 Å². The van der Waals surface area contributed by atoms with Crippen molar-refractivity contribution in [1.29, 1.82) is 0 Å². The molecule has 0 aliphatic carbocycles. The molecule has 0 aromatic carbocycles. The summed E-state index contributed by atoms with van der Waals surface area (Å²) in [6, 6.07) is 3.05. The lowest BCUT2D eigenvalue weighted by atomic mass is 10.1. The number of aromatic amines is 1. The maximum atomic E-state index is 13.2. The Labute approximate surface area is 146 Å². The van der Waals surface area contributed by atoms with Gasteiger partial charge in [-0.3, -0.25) is 14.9 Å². The third-order valence-corrected chi connectivity index (χ3v) is 4.62. The number of likely N-dealkylation sites (tertiary alicyclic amines) is 1. The first kappa shape index (κ1) is 17.5. The molecule has 1 aliphatic rings. The highest BCUT2D eigenvalue weighted by atomic mass is 19.1. The molecule has 1 saturated heterocycles. The van der Waals surface area contributed by atoms with Crippen LogP contribution in [-0.4, -0.2) is 45.6 Å². The molecule has 3 heterocycles. The summed E-state index contributed by atoms with van der Waals surface area (Å²) in [5.74, 6) is -0.108. The Morgan fingerprint density at radius 2 is 2.12 bits per heavy atom. The average molecular weight is 345 g/mol. The van der Waals surface area contributed by atoms with Crippen LogP contribution in [0.1, 0.15) is 32.6 Å². The summed E-state index contributed by atoms with van der Waals surface area (Å²) in [7, 11) is 0. The number of nitrogens with zero attached hydrogens (tertiary/aromatic N) is 3. The number of carbonyl (C=O) groups is 1. The molecule has 6 nitrogen and oxygen atoms in total. The van der Waals surface area contributed by atoms with E-state index in [1.165, 1.54) is 25.3 Å². The average Bonchev–Trinajstić information content (AvgIpc) is 3.09. The van der Waals surface area contributed by atoms with Crippen LogP contribution in [0.4, 0.5) is 10.2 Å². The third kappa shape index (κ3) is 4.85. The van der Waals surface area contributed by atoms with Crippen molar-refractivity contribution in [2.24, 2.45) is 5.92 Å². The van der Waals surface area contributed by atoms with E-state index >= 15 is 0 Å². The monoisotopic (exact) mass is 345 g/mol. The number of aromatic nitrogens is 3. The van der Waals surface area contributed by atoms with Crippen LogP contribution >= 0.6 is 0 Å². The fourth-order valence-electron chi connectivity index (χ4n) is 3.03. The van der Waals surface area contributed by atoms with Gasteiger partial charge in [0.2, 0.25) is 5.91 Å². The molecule has 3 rings (SSSR count). The lowest BCUT2D eigenvalue weighted by molar-refractivity contribution is -0.119. The van der Waals surface area contributed by atoms with Gasteiger partial charge in [0.25, 0.3) is 0 Å². The van der Waals surface area contributed by atoms with Gasteiger partial charge in [-0.15, -0.1) is 0 Å². The fourth-order valence-corrected chi connectivity index (χ4v) is 3.03. The molecule has 1 atom stereocenters. The number of pyridine rings is 1. The Morgan fingerprint density at radius 1 is 1.32 bits per heavy atom. The summed E-state index contributed by atoms with van der Waals surface area (Å²) < 4.78 is 13.2. The number of carbonyl (C=O) groups excluding carboxylic acids is 1. The van der Waals surface area contributed by atoms with E-state index in [0.717, 1.165) is 32.3 Å². The fraction of sp³-hybridized carbons (Fsp3) is 0.500. The largest absolute Gasteiger partial charge is 0.309 e. The zero-order valence-corrected chi connectivity index (χ0v) is 14.5. The summed E-state index contributed by atoms with van der Waals surface area (Å²) in [5.41, 5.74) is 1.20. The Hall–Kier alpha value is -2.28. The van der Waals surface area contributed by atoms with Crippen molar-refractivity contribution in [1.82, 2.24) is 20.1 Å². The number of anilines is 1. The van der Waals surface area contributed by atoms with Crippen molar-refractivity contribution >= 4 is 11.7 Å². The first-order valence-corrected chi connectivity index (χ1v) is 8.81. The van der Waals surface area contributed by atoms with E-state index in [1.807, 2.05) is 6.92 Å². The minimum absolute atomic E-state index is 0.0487. The zero-order valence-electron chi connectivity index (χ0n) is 14.5. The van der Waals surface area contributed by atoms with Gasteiger partial charge in [0, 0.05) is 23.7 Å². The van der Waals surface area contributed by atoms with E-state index in [0.29, 0.717) is 17.1 Å². The van der Waals surface area contributed by atoms with E-state index < -0.39 is 5.82 Å². The molecule has 1 unspecified atom stereocenters. The van der Waals surface area contributed by atoms with Gasteiger partial charge in [-0.2, -0.15) is 5.10 Å². The predicted octanol–water partition coefficient (Wildman–Crippen LogP) is 3.06. The highest BCUT2D eigenvalue weighted by molar-refractivity contribution is 5.91. The van der Waals surface area contributed by atoms with Gasteiger partial charge in [-0.25, -0.2) is 4.39 Å². The minimum atomic E-state index is -0.413. The number of halogens is 1. The Morgan fingerprint density at radius 3 is 2.88 bits per heavy atom.